The Morgan fingerprint density at radius 2 is 1.73 bits per heavy atom. The predicted molar refractivity (Wildman–Crippen MR) is 120 cm³/mol. The zero-order chi connectivity index (χ0) is 21.9. The molecule has 0 spiro atoms. The monoisotopic (exact) mass is 475 g/mol. The molecule has 0 aromatic heterocycles. The minimum atomic E-state index is -0.407. The topological polar surface area (TPSA) is 75.9 Å². The molecule has 1 heterocycles. The number of amides is 1. The number of piperazine rings is 1. The van der Waals surface area contributed by atoms with Crippen molar-refractivity contribution in [2.45, 2.75) is 26.2 Å². The number of carbonyl (C=O) groups excluding carboxylic acids is 1. The van der Waals surface area contributed by atoms with Crippen molar-refractivity contribution in [2.24, 2.45) is 0 Å². The summed E-state index contributed by atoms with van der Waals surface area (Å²) in [7, 11) is 0. The molecule has 3 rings (SSSR count). The van der Waals surface area contributed by atoms with Crippen molar-refractivity contribution in [3.05, 3.63) is 62.6 Å². The summed E-state index contributed by atoms with van der Waals surface area (Å²) in [6, 6.07) is 12.4. The van der Waals surface area contributed by atoms with Crippen LogP contribution in [0.4, 0.5) is 11.4 Å². The van der Waals surface area contributed by atoms with Gasteiger partial charge in [0.2, 0.25) is 0 Å². The highest BCUT2D eigenvalue weighted by Gasteiger charge is 2.22. The number of hydrogen-bond donors (Lipinski definition) is 0. The third-order valence-corrected chi connectivity index (χ3v) is 5.83. The number of nitrogens with zero attached hydrogens (tertiary/aromatic N) is 3. The molecule has 2 aromatic rings. The summed E-state index contributed by atoms with van der Waals surface area (Å²) in [6.07, 6.45) is 0. The number of halogens is 1. The van der Waals surface area contributed by atoms with Crippen LogP contribution in [0.1, 0.15) is 26.3 Å². The maximum atomic E-state index is 12.6. The van der Waals surface area contributed by atoms with Crippen LogP contribution in [0, 0.1) is 10.1 Å². The van der Waals surface area contributed by atoms with Crippen LogP contribution in [-0.2, 0) is 10.2 Å². The van der Waals surface area contributed by atoms with E-state index in [1.165, 1.54) is 17.7 Å². The van der Waals surface area contributed by atoms with E-state index in [1.807, 2.05) is 18.2 Å². The van der Waals surface area contributed by atoms with Gasteiger partial charge in [0.05, 0.1) is 9.40 Å². The molecule has 1 amide bonds. The Labute approximate surface area is 184 Å². The van der Waals surface area contributed by atoms with Crippen LogP contribution in [0.5, 0.6) is 5.75 Å². The van der Waals surface area contributed by atoms with Crippen molar-refractivity contribution in [1.82, 2.24) is 4.90 Å². The smallest absolute Gasteiger partial charge is 0.269 e. The molecule has 1 aliphatic heterocycles. The van der Waals surface area contributed by atoms with E-state index in [-0.39, 0.29) is 23.6 Å². The first kappa shape index (κ1) is 22.1. The third-order valence-electron chi connectivity index (χ3n) is 5.21. The molecular formula is C22H26BrN3O4. The molecule has 2 aromatic carbocycles. The molecule has 7 nitrogen and oxygen atoms in total. The van der Waals surface area contributed by atoms with Crippen LogP contribution in [-0.4, -0.2) is 48.5 Å². The van der Waals surface area contributed by atoms with Crippen molar-refractivity contribution in [1.29, 1.82) is 0 Å². The van der Waals surface area contributed by atoms with Gasteiger partial charge in [0.15, 0.2) is 6.61 Å². The quantitative estimate of drug-likeness (QED) is 0.473. The minimum absolute atomic E-state index is 0.00893. The van der Waals surface area contributed by atoms with E-state index >= 15 is 0 Å². The largest absolute Gasteiger partial charge is 0.483 e. The number of nitro benzene ring substituents is 1. The van der Waals surface area contributed by atoms with Crippen LogP contribution >= 0.6 is 15.9 Å². The lowest BCUT2D eigenvalue weighted by Crippen LogP contribution is -2.50. The summed E-state index contributed by atoms with van der Waals surface area (Å²) >= 11 is 3.53. The highest BCUT2D eigenvalue weighted by molar-refractivity contribution is 9.10. The molecular weight excluding hydrogens is 450 g/mol. The maximum Gasteiger partial charge on any atom is 0.269 e. The van der Waals surface area contributed by atoms with Crippen LogP contribution in [0.3, 0.4) is 0 Å². The lowest BCUT2D eigenvalue weighted by atomic mass is 9.87. The SMILES string of the molecule is CC(C)(C)c1ccc(OCC(=O)N2CCN(c3ccc([N+](=O)[O-])cc3)CC2)c(Br)c1. The average molecular weight is 476 g/mol. The highest BCUT2D eigenvalue weighted by Crippen LogP contribution is 2.31. The number of hydrogen-bond acceptors (Lipinski definition) is 5. The van der Waals surface area contributed by atoms with Crippen LogP contribution < -0.4 is 9.64 Å². The first-order valence-electron chi connectivity index (χ1n) is 9.85. The summed E-state index contributed by atoms with van der Waals surface area (Å²) in [4.78, 5) is 26.9. The second-order valence-electron chi connectivity index (χ2n) is 8.33. The fourth-order valence-corrected chi connectivity index (χ4v) is 3.81. The number of benzene rings is 2. The van der Waals surface area contributed by atoms with Gasteiger partial charge >= 0.3 is 0 Å². The van der Waals surface area contributed by atoms with E-state index < -0.39 is 4.92 Å². The van der Waals surface area contributed by atoms with Gasteiger partial charge in [-0.25, -0.2) is 0 Å². The number of nitro groups is 1. The predicted octanol–water partition coefficient (Wildman–Crippen LogP) is 4.38. The van der Waals surface area contributed by atoms with E-state index in [2.05, 4.69) is 41.6 Å². The van der Waals surface area contributed by atoms with Crippen LogP contribution in [0.2, 0.25) is 0 Å². The molecule has 0 unspecified atom stereocenters. The van der Waals surface area contributed by atoms with Crippen molar-refractivity contribution >= 4 is 33.2 Å². The molecule has 160 valence electrons. The lowest BCUT2D eigenvalue weighted by molar-refractivity contribution is -0.384. The molecule has 1 fully saturated rings. The van der Waals surface area contributed by atoms with Gasteiger partial charge < -0.3 is 14.5 Å². The number of carbonyl (C=O) groups is 1. The van der Waals surface area contributed by atoms with Crippen LogP contribution in [0.25, 0.3) is 0 Å². The van der Waals surface area contributed by atoms with E-state index in [4.69, 9.17) is 4.74 Å². The van der Waals surface area contributed by atoms with Gasteiger partial charge in [-0.15, -0.1) is 0 Å². The summed E-state index contributed by atoms with van der Waals surface area (Å²) in [5.41, 5.74) is 2.23. The maximum absolute atomic E-state index is 12.6. The second-order valence-corrected chi connectivity index (χ2v) is 9.18. The van der Waals surface area contributed by atoms with Gasteiger partial charge in [0.1, 0.15) is 5.75 Å². The molecule has 1 saturated heterocycles. The fraction of sp³-hybridized carbons (Fsp3) is 0.409. The molecule has 0 aliphatic carbocycles. The van der Waals surface area contributed by atoms with Gasteiger partial charge in [-0.1, -0.05) is 26.8 Å². The second kappa shape index (κ2) is 9.04. The Morgan fingerprint density at radius 3 is 2.27 bits per heavy atom. The van der Waals surface area contributed by atoms with E-state index in [1.54, 1.807) is 17.0 Å². The summed E-state index contributed by atoms with van der Waals surface area (Å²) in [5, 5.41) is 10.8. The number of rotatable bonds is 5. The fourth-order valence-electron chi connectivity index (χ4n) is 3.31. The van der Waals surface area contributed by atoms with Crippen molar-refractivity contribution in [2.75, 3.05) is 37.7 Å². The number of non-ortho nitro benzene ring substituents is 1. The molecule has 0 saturated carbocycles. The normalized spacial score (nSPS) is 14.5. The molecule has 0 bridgehead atoms. The van der Waals surface area contributed by atoms with Gasteiger partial charge in [-0.2, -0.15) is 0 Å². The first-order chi connectivity index (χ1) is 14.1. The Bertz CT molecular complexity index is 917. The number of ether oxygens (including phenoxy) is 1. The van der Waals surface area contributed by atoms with Crippen LogP contribution in [0.15, 0.2) is 46.9 Å². The Morgan fingerprint density at radius 1 is 1.10 bits per heavy atom. The molecule has 0 N–H and O–H groups in total. The molecule has 30 heavy (non-hydrogen) atoms. The summed E-state index contributed by atoms with van der Waals surface area (Å²) < 4.78 is 6.59. The molecule has 0 atom stereocenters. The van der Waals surface area contributed by atoms with Gasteiger partial charge in [0, 0.05) is 44.0 Å². The molecule has 0 radical (unpaired) electrons. The van der Waals surface area contributed by atoms with Gasteiger partial charge in [-0.3, -0.25) is 14.9 Å². The Hall–Kier alpha value is -2.61. The minimum Gasteiger partial charge on any atom is -0.483 e. The molecule has 8 heteroatoms. The Balaban J connectivity index is 1.51. The summed E-state index contributed by atoms with van der Waals surface area (Å²) in [6.45, 7) is 8.96. The third kappa shape index (κ3) is 5.30. The zero-order valence-corrected chi connectivity index (χ0v) is 19.0. The van der Waals surface area contributed by atoms with Crippen molar-refractivity contribution in [3.8, 4) is 5.75 Å². The summed E-state index contributed by atoms with van der Waals surface area (Å²) in [5.74, 6) is 0.603. The van der Waals surface area contributed by atoms with Gasteiger partial charge in [0.25, 0.3) is 11.6 Å². The first-order valence-corrected chi connectivity index (χ1v) is 10.6. The van der Waals surface area contributed by atoms with Gasteiger partial charge in [-0.05, 0) is 51.2 Å². The molecule has 1 aliphatic rings. The standard InChI is InChI=1S/C22H26BrN3O4/c1-22(2,3)16-4-9-20(19(23)14-16)30-15-21(27)25-12-10-24(11-13-25)17-5-7-18(8-6-17)26(28)29/h4-9,14H,10-13,15H2,1-3H3. The van der Waals surface area contributed by atoms with Crippen molar-refractivity contribution in [3.63, 3.8) is 0 Å². The highest BCUT2D eigenvalue weighted by atomic mass is 79.9. The lowest BCUT2D eigenvalue weighted by Gasteiger charge is -2.36. The van der Waals surface area contributed by atoms with E-state index in [9.17, 15) is 14.9 Å². The van der Waals surface area contributed by atoms with E-state index in [0.717, 1.165) is 10.2 Å². The zero-order valence-electron chi connectivity index (χ0n) is 17.4. The Kier molecular flexibility index (Phi) is 6.65. The number of anilines is 1. The average Bonchev–Trinajstić information content (AvgIpc) is 2.72. The van der Waals surface area contributed by atoms with E-state index in [0.29, 0.717) is 31.9 Å². The van der Waals surface area contributed by atoms with Crippen molar-refractivity contribution < 1.29 is 14.5 Å².